The van der Waals surface area contributed by atoms with Gasteiger partial charge in [0.1, 0.15) is 0 Å². The predicted molar refractivity (Wildman–Crippen MR) is 107 cm³/mol. The van der Waals surface area contributed by atoms with E-state index in [2.05, 4.69) is 32.3 Å². The molecule has 3 rings (SSSR count). The SMILES string of the molecule is C=C1N(CC2CCN(S(=O)(=O)Cc3ccccc3)CC2)C1(C)CC(C)C. The highest BCUT2D eigenvalue weighted by atomic mass is 32.2. The topological polar surface area (TPSA) is 40.4 Å². The van der Waals surface area contributed by atoms with Crippen molar-refractivity contribution < 1.29 is 8.42 Å². The second-order valence-electron chi connectivity index (χ2n) is 8.51. The van der Waals surface area contributed by atoms with Crippen LogP contribution in [0.25, 0.3) is 0 Å². The Labute approximate surface area is 158 Å². The molecule has 144 valence electrons. The summed E-state index contributed by atoms with van der Waals surface area (Å²) in [6.07, 6.45) is 3.03. The van der Waals surface area contributed by atoms with Crippen molar-refractivity contribution in [1.29, 1.82) is 0 Å². The van der Waals surface area contributed by atoms with E-state index in [1.807, 2.05) is 30.3 Å². The van der Waals surface area contributed by atoms with Crippen molar-refractivity contribution in [2.45, 2.75) is 51.3 Å². The molecule has 2 heterocycles. The molecule has 2 aliphatic rings. The molecule has 5 heteroatoms. The summed E-state index contributed by atoms with van der Waals surface area (Å²) in [4.78, 5) is 2.44. The van der Waals surface area contributed by atoms with Gasteiger partial charge in [-0.25, -0.2) is 12.7 Å². The molecule has 4 nitrogen and oxygen atoms in total. The maximum absolute atomic E-state index is 12.7. The van der Waals surface area contributed by atoms with Gasteiger partial charge in [-0.2, -0.15) is 0 Å². The highest BCUT2D eigenvalue weighted by Crippen LogP contribution is 2.49. The Morgan fingerprint density at radius 1 is 1.19 bits per heavy atom. The Kier molecular flexibility index (Phi) is 5.50. The lowest BCUT2D eigenvalue weighted by atomic mass is 9.96. The van der Waals surface area contributed by atoms with Crippen LogP contribution in [0.4, 0.5) is 0 Å². The van der Waals surface area contributed by atoms with Gasteiger partial charge in [0.05, 0.1) is 11.3 Å². The second kappa shape index (κ2) is 7.35. The number of rotatable bonds is 7. The van der Waals surface area contributed by atoms with Gasteiger partial charge in [0, 0.05) is 25.3 Å². The first-order chi connectivity index (χ1) is 12.2. The van der Waals surface area contributed by atoms with Crippen molar-refractivity contribution in [1.82, 2.24) is 9.21 Å². The number of hydrogen-bond donors (Lipinski definition) is 0. The molecule has 0 aliphatic carbocycles. The van der Waals surface area contributed by atoms with Crippen LogP contribution in [-0.4, -0.2) is 42.8 Å². The van der Waals surface area contributed by atoms with Crippen molar-refractivity contribution in [3.05, 3.63) is 48.2 Å². The van der Waals surface area contributed by atoms with E-state index in [1.54, 1.807) is 4.31 Å². The van der Waals surface area contributed by atoms with Crippen molar-refractivity contribution in [2.75, 3.05) is 19.6 Å². The number of piperidine rings is 1. The van der Waals surface area contributed by atoms with Crippen molar-refractivity contribution in [3.8, 4) is 0 Å². The molecule has 0 spiro atoms. The zero-order chi connectivity index (χ0) is 18.9. The Hall–Kier alpha value is -1.33. The van der Waals surface area contributed by atoms with Crippen LogP contribution >= 0.6 is 0 Å². The van der Waals surface area contributed by atoms with Gasteiger partial charge in [0.25, 0.3) is 0 Å². The fraction of sp³-hybridized carbons (Fsp3) is 0.619. The van der Waals surface area contributed by atoms with Crippen molar-refractivity contribution in [3.63, 3.8) is 0 Å². The maximum Gasteiger partial charge on any atom is 0.218 e. The molecule has 2 aliphatic heterocycles. The van der Waals surface area contributed by atoms with Gasteiger partial charge in [-0.15, -0.1) is 0 Å². The third-order valence-electron chi connectivity index (χ3n) is 5.90. The van der Waals surface area contributed by atoms with Crippen LogP contribution in [0.1, 0.15) is 45.6 Å². The van der Waals surface area contributed by atoms with E-state index in [1.165, 1.54) is 5.70 Å². The van der Waals surface area contributed by atoms with E-state index in [-0.39, 0.29) is 11.3 Å². The molecular formula is C21H32N2O2S. The van der Waals surface area contributed by atoms with E-state index in [0.717, 1.165) is 31.4 Å². The van der Waals surface area contributed by atoms with Gasteiger partial charge < -0.3 is 4.90 Å². The minimum atomic E-state index is -3.22. The standard InChI is InChI=1S/C21H32N2O2S/c1-17(2)14-21(4)18(3)23(21)15-19-10-12-22(13-11-19)26(24,25)16-20-8-6-5-7-9-20/h5-9,17,19H,3,10-16H2,1-2,4H3. The largest absolute Gasteiger partial charge is 0.362 e. The molecular weight excluding hydrogens is 344 g/mol. The van der Waals surface area contributed by atoms with E-state index < -0.39 is 10.0 Å². The van der Waals surface area contributed by atoms with E-state index in [4.69, 9.17) is 0 Å². The molecule has 0 saturated carbocycles. The monoisotopic (exact) mass is 376 g/mol. The molecule has 0 amide bonds. The summed E-state index contributed by atoms with van der Waals surface area (Å²) in [5, 5.41) is 0. The van der Waals surface area contributed by atoms with Crippen LogP contribution in [0, 0.1) is 11.8 Å². The fourth-order valence-electron chi connectivity index (χ4n) is 4.34. The third-order valence-corrected chi connectivity index (χ3v) is 7.75. The Morgan fingerprint density at radius 3 is 2.38 bits per heavy atom. The Balaban J connectivity index is 1.51. The molecule has 1 aromatic rings. The number of sulfonamides is 1. The lowest BCUT2D eigenvalue weighted by molar-refractivity contribution is 0.231. The molecule has 0 aromatic heterocycles. The van der Waals surface area contributed by atoms with Gasteiger partial charge in [-0.3, -0.25) is 0 Å². The smallest absolute Gasteiger partial charge is 0.218 e. The minimum absolute atomic E-state index is 0.105. The zero-order valence-electron chi connectivity index (χ0n) is 16.3. The fourth-order valence-corrected chi connectivity index (χ4v) is 5.90. The van der Waals surface area contributed by atoms with Crippen LogP contribution in [0.15, 0.2) is 42.6 Å². The van der Waals surface area contributed by atoms with Crippen LogP contribution in [-0.2, 0) is 15.8 Å². The quantitative estimate of drug-likeness (QED) is 0.679. The summed E-state index contributed by atoms with van der Waals surface area (Å²) in [6.45, 7) is 13.3. The molecule has 1 unspecified atom stereocenters. The zero-order valence-corrected chi connectivity index (χ0v) is 17.1. The van der Waals surface area contributed by atoms with Crippen LogP contribution < -0.4 is 0 Å². The number of benzene rings is 1. The first-order valence-electron chi connectivity index (χ1n) is 9.71. The van der Waals surface area contributed by atoms with Gasteiger partial charge in [-0.1, -0.05) is 50.8 Å². The molecule has 0 bridgehead atoms. The molecule has 2 fully saturated rings. The summed E-state index contributed by atoms with van der Waals surface area (Å²) in [6, 6.07) is 9.46. The number of nitrogens with zero attached hydrogens (tertiary/aromatic N) is 2. The second-order valence-corrected chi connectivity index (χ2v) is 10.5. The molecule has 0 N–H and O–H groups in total. The van der Waals surface area contributed by atoms with E-state index >= 15 is 0 Å². The summed E-state index contributed by atoms with van der Waals surface area (Å²) < 4.78 is 27.0. The highest BCUT2D eigenvalue weighted by molar-refractivity contribution is 7.88. The summed E-state index contributed by atoms with van der Waals surface area (Å²) in [7, 11) is -3.22. The molecule has 26 heavy (non-hydrogen) atoms. The average molecular weight is 377 g/mol. The molecule has 2 saturated heterocycles. The lowest BCUT2D eigenvalue weighted by Crippen LogP contribution is -2.40. The van der Waals surface area contributed by atoms with Crippen LogP contribution in [0.3, 0.4) is 0 Å². The van der Waals surface area contributed by atoms with E-state index in [9.17, 15) is 8.42 Å². The van der Waals surface area contributed by atoms with Gasteiger partial charge in [0.2, 0.25) is 10.0 Å². The molecule has 1 atom stereocenters. The predicted octanol–water partition coefficient (Wildman–Crippen LogP) is 3.86. The first-order valence-corrected chi connectivity index (χ1v) is 11.3. The third kappa shape index (κ3) is 4.15. The lowest BCUT2D eigenvalue weighted by Gasteiger charge is -2.32. The average Bonchev–Trinajstić information content (AvgIpc) is 3.07. The molecule has 0 radical (unpaired) electrons. The minimum Gasteiger partial charge on any atom is -0.362 e. The Bertz CT molecular complexity index is 737. The highest BCUT2D eigenvalue weighted by Gasteiger charge is 2.52. The first kappa shape index (κ1) is 19.4. The molecule has 1 aromatic carbocycles. The Morgan fingerprint density at radius 2 is 1.81 bits per heavy atom. The summed E-state index contributed by atoms with van der Waals surface area (Å²) in [5.74, 6) is 1.32. The van der Waals surface area contributed by atoms with Gasteiger partial charge >= 0.3 is 0 Å². The summed E-state index contributed by atoms with van der Waals surface area (Å²) in [5.41, 5.74) is 2.27. The van der Waals surface area contributed by atoms with Gasteiger partial charge in [0.15, 0.2) is 0 Å². The summed E-state index contributed by atoms with van der Waals surface area (Å²) >= 11 is 0. The van der Waals surface area contributed by atoms with Crippen molar-refractivity contribution in [2.24, 2.45) is 11.8 Å². The van der Waals surface area contributed by atoms with E-state index in [0.29, 0.717) is 24.9 Å². The van der Waals surface area contributed by atoms with Crippen LogP contribution in [0.5, 0.6) is 0 Å². The maximum atomic E-state index is 12.7. The van der Waals surface area contributed by atoms with Crippen LogP contribution in [0.2, 0.25) is 0 Å². The number of hydrogen-bond acceptors (Lipinski definition) is 3. The normalized spacial score (nSPS) is 25.1. The van der Waals surface area contributed by atoms with Crippen molar-refractivity contribution >= 4 is 10.0 Å². The van der Waals surface area contributed by atoms with Gasteiger partial charge in [-0.05, 0) is 43.6 Å².